The lowest BCUT2D eigenvalue weighted by Gasteiger charge is -2.12. The van der Waals surface area contributed by atoms with Crippen LogP contribution >= 0.6 is 0 Å². The van der Waals surface area contributed by atoms with Crippen LogP contribution in [0, 0.1) is 29.9 Å². The lowest BCUT2D eigenvalue weighted by Crippen LogP contribution is -2.19. The van der Waals surface area contributed by atoms with Crippen molar-refractivity contribution < 1.29 is 14.5 Å². The standard InChI is InChI=1S/C15H19NO4/c1-10-7-11(2)15(8-13(10)16(18)19)20-9-14(17)12-5-3-4-6-12/h7-8,12H,3-6,9H2,1-2H3. The van der Waals surface area contributed by atoms with E-state index in [0.29, 0.717) is 11.3 Å². The number of benzene rings is 1. The minimum atomic E-state index is -0.430. The van der Waals surface area contributed by atoms with Gasteiger partial charge < -0.3 is 4.74 Å². The molecule has 0 aromatic heterocycles. The fourth-order valence-corrected chi connectivity index (χ4v) is 2.69. The molecule has 1 aromatic rings. The Labute approximate surface area is 118 Å². The number of nitrogens with zero attached hydrogens (tertiary/aromatic N) is 1. The van der Waals surface area contributed by atoms with Gasteiger partial charge in [0.1, 0.15) is 12.4 Å². The molecule has 0 amide bonds. The second-order valence-corrected chi connectivity index (χ2v) is 5.40. The van der Waals surface area contributed by atoms with Crippen molar-refractivity contribution in [3.8, 4) is 5.75 Å². The molecular weight excluding hydrogens is 258 g/mol. The molecule has 108 valence electrons. The van der Waals surface area contributed by atoms with Gasteiger partial charge in [0.15, 0.2) is 5.78 Å². The zero-order valence-electron chi connectivity index (χ0n) is 11.8. The number of nitro groups is 1. The predicted octanol–water partition coefficient (Wildman–Crippen LogP) is 3.35. The molecule has 0 N–H and O–H groups in total. The minimum absolute atomic E-state index is 0.00568. The summed E-state index contributed by atoms with van der Waals surface area (Å²) in [6.45, 7) is 3.52. The molecule has 0 atom stereocenters. The maximum atomic E-state index is 12.0. The largest absolute Gasteiger partial charge is 0.485 e. The van der Waals surface area contributed by atoms with E-state index in [0.717, 1.165) is 31.2 Å². The summed E-state index contributed by atoms with van der Waals surface area (Å²) >= 11 is 0. The number of ketones is 1. The molecule has 0 heterocycles. The third-order valence-electron chi connectivity index (χ3n) is 3.87. The van der Waals surface area contributed by atoms with Crippen LogP contribution in [-0.2, 0) is 4.79 Å². The summed E-state index contributed by atoms with van der Waals surface area (Å²) in [5, 5.41) is 10.9. The second kappa shape index (κ2) is 6.03. The van der Waals surface area contributed by atoms with Gasteiger partial charge in [-0.05, 0) is 38.3 Å². The quantitative estimate of drug-likeness (QED) is 0.611. The number of aryl methyl sites for hydroxylation is 2. The van der Waals surface area contributed by atoms with Crippen LogP contribution in [0.15, 0.2) is 12.1 Å². The molecule has 0 spiro atoms. The Kier molecular flexibility index (Phi) is 4.37. The maximum absolute atomic E-state index is 12.0. The van der Waals surface area contributed by atoms with Crippen molar-refractivity contribution in [2.75, 3.05) is 6.61 Å². The smallest absolute Gasteiger partial charge is 0.276 e. The first-order valence-electron chi connectivity index (χ1n) is 6.90. The number of Topliss-reactive ketones (excluding diaryl/α,β-unsaturated/α-hetero) is 1. The normalized spacial score (nSPS) is 15.3. The Morgan fingerprint density at radius 3 is 2.55 bits per heavy atom. The monoisotopic (exact) mass is 277 g/mol. The first kappa shape index (κ1) is 14.5. The zero-order valence-corrected chi connectivity index (χ0v) is 11.8. The van der Waals surface area contributed by atoms with Gasteiger partial charge in [-0.2, -0.15) is 0 Å². The Hall–Kier alpha value is -1.91. The fourth-order valence-electron chi connectivity index (χ4n) is 2.69. The molecule has 5 heteroatoms. The fraction of sp³-hybridized carbons (Fsp3) is 0.533. The Balaban J connectivity index is 2.07. The molecule has 0 bridgehead atoms. The molecular formula is C15H19NO4. The van der Waals surface area contributed by atoms with Gasteiger partial charge in [-0.15, -0.1) is 0 Å². The Morgan fingerprint density at radius 2 is 1.95 bits per heavy atom. The van der Waals surface area contributed by atoms with Crippen LogP contribution in [0.2, 0.25) is 0 Å². The van der Waals surface area contributed by atoms with Gasteiger partial charge in [-0.3, -0.25) is 14.9 Å². The number of ether oxygens (including phenoxy) is 1. The van der Waals surface area contributed by atoms with Crippen molar-refractivity contribution >= 4 is 11.5 Å². The molecule has 1 aliphatic rings. The van der Waals surface area contributed by atoms with Crippen molar-refractivity contribution in [3.05, 3.63) is 33.4 Å². The summed E-state index contributed by atoms with van der Waals surface area (Å²) < 4.78 is 5.50. The van der Waals surface area contributed by atoms with Crippen LogP contribution in [-0.4, -0.2) is 17.3 Å². The molecule has 1 saturated carbocycles. The van der Waals surface area contributed by atoms with Crippen LogP contribution < -0.4 is 4.74 Å². The number of carbonyl (C=O) groups is 1. The predicted molar refractivity (Wildman–Crippen MR) is 75.0 cm³/mol. The summed E-state index contributed by atoms with van der Waals surface area (Å²) in [5.41, 5.74) is 1.44. The van der Waals surface area contributed by atoms with Crippen LogP contribution in [0.4, 0.5) is 5.69 Å². The van der Waals surface area contributed by atoms with E-state index in [1.807, 2.05) is 6.92 Å². The molecule has 0 radical (unpaired) electrons. The van der Waals surface area contributed by atoms with Crippen LogP contribution in [0.3, 0.4) is 0 Å². The van der Waals surface area contributed by atoms with Crippen molar-refractivity contribution in [3.63, 3.8) is 0 Å². The highest BCUT2D eigenvalue weighted by Crippen LogP contribution is 2.29. The highest BCUT2D eigenvalue weighted by atomic mass is 16.6. The van der Waals surface area contributed by atoms with Gasteiger partial charge in [-0.1, -0.05) is 12.8 Å². The Bertz CT molecular complexity index is 533. The van der Waals surface area contributed by atoms with Crippen molar-refractivity contribution in [2.24, 2.45) is 5.92 Å². The van der Waals surface area contributed by atoms with Crippen molar-refractivity contribution in [1.29, 1.82) is 0 Å². The number of nitro benzene ring substituents is 1. The minimum Gasteiger partial charge on any atom is -0.485 e. The van der Waals surface area contributed by atoms with Crippen LogP contribution in [0.5, 0.6) is 5.75 Å². The second-order valence-electron chi connectivity index (χ2n) is 5.40. The number of hydrogen-bond acceptors (Lipinski definition) is 4. The van der Waals surface area contributed by atoms with Gasteiger partial charge in [-0.25, -0.2) is 0 Å². The van der Waals surface area contributed by atoms with Crippen molar-refractivity contribution in [2.45, 2.75) is 39.5 Å². The van der Waals surface area contributed by atoms with E-state index in [9.17, 15) is 14.9 Å². The van der Waals surface area contributed by atoms with E-state index in [1.54, 1.807) is 13.0 Å². The summed E-state index contributed by atoms with van der Waals surface area (Å²) in [5.74, 6) is 0.634. The molecule has 5 nitrogen and oxygen atoms in total. The Morgan fingerprint density at radius 1 is 1.30 bits per heavy atom. The SMILES string of the molecule is Cc1cc(C)c([N+](=O)[O-])cc1OCC(=O)C1CCCC1. The molecule has 1 aliphatic carbocycles. The third kappa shape index (κ3) is 3.15. The van der Waals surface area contributed by atoms with E-state index < -0.39 is 4.92 Å². The van der Waals surface area contributed by atoms with Crippen LogP contribution in [0.1, 0.15) is 36.8 Å². The van der Waals surface area contributed by atoms with E-state index in [-0.39, 0.29) is 24.0 Å². The topological polar surface area (TPSA) is 69.4 Å². The van der Waals surface area contributed by atoms with Gasteiger partial charge in [0.25, 0.3) is 5.69 Å². The average Bonchev–Trinajstić information content (AvgIpc) is 2.90. The van der Waals surface area contributed by atoms with Gasteiger partial charge >= 0.3 is 0 Å². The number of rotatable bonds is 5. The first-order valence-corrected chi connectivity index (χ1v) is 6.90. The highest BCUT2D eigenvalue weighted by Gasteiger charge is 2.23. The van der Waals surface area contributed by atoms with Gasteiger partial charge in [0.2, 0.25) is 0 Å². The molecule has 0 unspecified atom stereocenters. The van der Waals surface area contributed by atoms with E-state index in [2.05, 4.69) is 0 Å². The molecule has 1 aromatic carbocycles. The first-order chi connectivity index (χ1) is 9.49. The zero-order chi connectivity index (χ0) is 14.7. The summed E-state index contributed by atoms with van der Waals surface area (Å²) in [7, 11) is 0. The maximum Gasteiger partial charge on any atom is 0.276 e. The third-order valence-corrected chi connectivity index (χ3v) is 3.87. The summed E-state index contributed by atoms with van der Waals surface area (Å²) in [6.07, 6.45) is 4.08. The lowest BCUT2D eigenvalue weighted by atomic mass is 10.0. The average molecular weight is 277 g/mol. The molecule has 1 fully saturated rings. The van der Waals surface area contributed by atoms with Crippen LogP contribution in [0.25, 0.3) is 0 Å². The van der Waals surface area contributed by atoms with Gasteiger partial charge in [0, 0.05) is 11.5 Å². The number of carbonyl (C=O) groups excluding carboxylic acids is 1. The van der Waals surface area contributed by atoms with Crippen molar-refractivity contribution in [1.82, 2.24) is 0 Å². The molecule has 0 aliphatic heterocycles. The molecule has 0 saturated heterocycles. The van der Waals surface area contributed by atoms with E-state index >= 15 is 0 Å². The summed E-state index contributed by atoms with van der Waals surface area (Å²) in [6, 6.07) is 3.13. The molecule has 20 heavy (non-hydrogen) atoms. The number of hydrogen-bond donors (Lipinski definition) is 0. The lowest BCUT2D eigenvalue weighted by molar-refractivity contribution is -0.385. The summed E-state index contributed by atoms with van der Waals surface area (Å²) in [4.78, 5) is 22.4. The van der Waals surface area contributed by atoms with Gasteiger partial charge in [0.05, 0.1) is 11.0 Å². The molecule has 2 rings (SSSR count). The van der Waals surface area contributed by atoms with E-state index in [1.165, 1.54) is 6.07 Å². The van der Waals surface area contributed by atoms with E-state index in [4.69, 9.17) is 4.74 Å². The highest BCUT2D eigenvalue weighted by molar-refractivity contribution is 5.82.